The highest BCUT2D eigenvalue weighted by Gasteiger charge is 2.48. The van der Waals surface area contributed by atoms with Gasteiger partial charge < -0.3 is 25.4 Å². The monoisotopic (exact) mass is 523 g/mol. The number of alkyl carbamates (subject to hydrolysis) is 1. The van der Waals surface area contributed by atoms with Crippen molar-refractivity contribution in [1.29, 1.82) is 0 Å². The van der Waals surface area contributed by atoms with E-state index >= 15 is 0 Å². The van der Waals surface area contributed by atoms with E-state index in [-0.39, 0.29) is 35.9 Å². The molecule has 4 unspecified atom stereocenters. The predicted octanol–water partition coefficient (Wildman–Crippen LogP) is 4.72. The van der Waals surface area contributed by atoms with Gasteiger partial charge in [-0.1, -0.05) is 49.4 Å². The molecule has 1 aliphatic carbocycles. The first-order valence-corrected chi connectivity index (χ1v) is 13.1. The molecule has 0 radical (unpaired) electrons. The zero-order valence-corrected chi connectivity index (χ0v) is 23.4. The standard InChI is InChI=1S/C30H41N3O5/c1-19-17-24(19)33(25(26(35)32-29(2,3)4)21-13-15-22(34)16-14-21)27(36)23(18-20-11-9-8-10-12-20)31-28(37)38-30(5,6)7/h8-16,19,23-25,34H,17-18H2,1-7H3,(H,31,37)(H,32,35). The minimum absolute atomic E-state index is 0.0648. The molecule has 38 heavy (non-hydrogen) atoms. The highest BCUT2D eigenvalue weighted by Crippen LogP contribution is 2.41. The summed E-state index contributed by atoms with van der Waals surface area (Å²) in [5.74, 6) is -0.433. The number of benzene rings is 2. The summed E-state index contributed by atoms with van der Waals surface area (Å²) in [5, 5.41) is 15.7. The normalized spacial score (nSPS) is 18.6. The second kappa shape index (κ2) is 11.5. The van der Waals surface area contributed by atoms with E-state index in [1.165, 1.54) is 12.1 Å². The summed E-state index contributed by atoms with van der Waals surface area (Å²) in [7, 11) is 0. The maximum atomic E-state index is 14.4. The average Bonchev–Trinajstić information content (AvgIpc) is 3.51. The van der Waals surface area contributed by atoms with Crippen LogP contribution in [0.3, 0.4) is 0 Å². The molecule has 3 N–H and O–H groups in total. The Bertz CT molecular complexity index is 1120. The van der Waals surface area contributed by atoms with Crippen molar-refractivity contribution in [3.05, 3.63) is 65.7 Å². The summed E-state index contributed by atoms with van der Waals surface area (Å²) in [4.78, 5) is 42.5. The summed E-state index contributed by atoms with van der Waals surface area (Å²) >= 11 is 0. The topological polar surface area (TPSA) is 108 Å². The molecule has 2 aromatic carbocycles. The van der Waals surface area contributed by atoms with Gasteiger partial charge in [0.2, 0.25) is 11.8 Å². The van der Waals surface area contributed by atoms with Crippen molar-refractivity contribution in [3.8, 4) is 5.75 Å². The molecule has 0 heterocycles. The largest absolute Gasteiger partial charge is 0.508 e. The molecule has 1 aliphatic rings. The minimum Gasteiger partial charge on any atom is -0.508 e. The van der Waals surface area contributed by atoms with E-state index in [0.29, 0.717) is 5.56 Å². The fourth-order valence-corrected chi connectivity index (χ4v) is 4.38. The number of hydrogen-bond acceptors (Lipinski definition) is 5. The highest BCUT2D eigenvalue weighted by molar-refractivity contribution is 5.93. The molecule has 0 bridgehead atoms. The number of aromatic hydroxyl groups is 1. The Morgan fingerprint density at radius 2 is 1.58 bits per heavy atom. The third-order valence-electron chi connectivity index (χ3n) is 6.18. The van der Waals surface area contributed by atoms with Crippen LogP contribution in [0.25, 0.3) is 0 Å². The summed E-state index contributed by atoms with van der Waals surface area (Å²) in [6.07, 6.45) is 0.281. The number of rotatable bonds is 8. The fourth-order valence-electron chi connectivity index (χ4n) is 4.38. The molecule has 0 saturated heterocycles. The molecular weight excluding hydrogens is 482 g/mol. The second-order valence-corrected chi connectivity index (χ2v) is 12.1. The van der Waals surface area contributed by atoms with Crippen LogP contribution in [0.4, 0.5) is 4.79 Å². The molecule has 8 nitrogen and oxygen atoms in total. The number of amides is 3. The van der Waals surface area contributed by atoms with Crippen LogP contribution in [0.15, 0.2) is 54.6 Å². The van der Waals surface area contributed by atoms with E-state index < -0.39 is 29.3 Å². The van der Waals surface area contributed by atoms with Crippen molar-refractivity contribution in [2.24, 2.45) is 5.92 Å². The molecule has 1 fully saturated rings. The first kappa shape index (κ1) is 29.0. The Labute approximate surface area is 225 Å². The number of nitrogens with zero attached hydrogens (tertiary/aromatic N) is 1. The van der Waals surface area contributed by atoms with E-state index in [4.69, 9.17) is 4.74 Å². The first-order valence-electron chi connectivity index (χ1n) is 13.1. The number of ether oxygens (including phenoxy) is 1. The highest BCUT2D eigenvalue weighted by atomic mass is 16.6. The molecule has 8 heteroatoms. The lowest BCUT2D eigenvalue weighted by atomic mass is 9.98. The van der Waals surface area contributed by atoms with Gasteiger partial charge in [-0.25, -0.2) is 4.79 Å². The lowest BCUT2D eigenvalue weighted by Gasteiger charge is -2.36. The zero-order chi connectivity index (χ0) is 28.3. The number of nitrogens with one attached hydrogen (secondary N) is 2. The van der Waals surface area contributed by atoms with E-state index in [0.717, 1.165) is 12.0 Å². The van der Waals surface area contributed by atoms with Gasteiger partial charge in [0.25, 0.3) is 0 Å². The van der Waals surface area contributed by atoms with Crippen LogP contribution in [0, 0.1) is 5.92 Å². The van der Waals surface area contributed by atoms with Crippen molar-refractivity contribution in [2.75, 3.05) is 0 Å². The number of hydrogen-bond donors (Lipinski definition) is 3. The molecule has 0 aliphatic heterocycles. The average molecular weight is 524 g/mol. The Balaban J connectivity index is 2.04. The van der Waals surface area contributed by atoms with Gasteiger partial charge in [0.05, 0.1) is 0 Å². The van der Waals surface area contributed by atoms with Gasteiger partial charge in [-0.3, -0.25) is 9.59 Å². The van der Waals surface area contributed by atoms with E-state index in [9.17, 15) is 19.5 Å². The lowest BCUT2D eigenvalue weighted by Crippen LogP contribution is -2.56. The van der Waals surface area contributed by atoms with Crippen molar-refractivity contribution < 1.29 is 24.2 Å². The zero-order valence-electron chi connectivity index (χ0n) is 23.4. The lowest BCUT2D eigenvalue weighted by molar-refractivity contribution is -0.144. The first-order chi connectivity index (χ1) is 17.6. The Kier molecular flexibility index (Phi) is 8.75. The quantitative estimate of drug-likeness (QED) is 0.464. The van der Waals surface area contributed by atoms with Crippen LogP contribution >= 0.6 is 0 Å². The molecule has 0 aromatic heterocycles. The Morgan fingerprint density at radius 1 is 1.00 bits per heavy atom. The van der Waals surface area contributed by atoms with Crippen LogP contribution in [-0.2, 0) is 20.7 Å². The molecule has 2 aromatic rings. The molecule has 4 atom stereocenters. The van der Waals surface area contributed by atoms with Gasteiger partial charge in [-0.15, -0.1) is 0 Å². The van der Waals surface area contributed by atoms with Crippen LogP contribution in [-0.4, -0.2) is 51.1 Å². The van der Waals surface area contributed by atoms with Gasteiger partial charge in [-0.2, -0.15) is 0 Å². The van der Waals surface area contributed by atoms with Gasteiger partial charge in [0.1, 0.15) is 23.4 Å². The number of phenolic OH excluding ortho intramolecular Hbond substituents is 1. The second-order valence-electron chi connectivity index (χ2n) is 12.1. The van der Waals surface area contributed by atoms with Crippen molar-refractivity contribution >= 4 is 17.9 Å². The van der Waals surface area contributed by atoms with Crippen LogP contribution < -0.4 is 10.6 Å². The molecule has 3 amide bonds. The van der Waals surface area contributed by atoms with Gasteiger partial charge in [0, 0.05) is 18.0 Å². The number of phenols is 1. The smallest absolute Gasteiger partial charge is 0.408 e. The Hall–Kier alpha value is -3.55. The van der Waals surface area contributed by atoms with E-state index in [1.807, 2.05) is 58.0 Å². The molecule has 3 rings (SSSR count). The third kappa shape index (κ3) is 8.23. The third-order valence-corrected chi connectivity index (χ3v) is 6.18. The Morgan fingerprint density at radius 3 is 2.08 bits per heavy atom. The minimum atomic E-state index is -0.956. The molecular formula is C30H41N3O5. The molecule has 0 spiro atoms. The van der Waals surface area contributed by atoms with Gasteiger partial charge in [-0.05, 0) is 77.1 Å². The summed E-state index contributed by atoms with van der Waals surface area (Å²) in [6, 6.07) is 13.7. The summed E-state index contributed by atoms with van der Waals surface area (Å²) in [5.41, 5.74) is 0.170. The van der Waals surface area contributed by atoms with Crippen molar-refractivity contribution in [2.45, 2.75) is 90.6 Å². The summed E-state index contributed by atoms with van der Waals surface area (Å²) in [6.45, 7) is 13.0. The number of carbonyl (C=O) groups is 3. The maximum Gasteiger partial charge on any atom is 0.408 e. The number of carbonyl (C=O) groups excluding carboxylic acids is 3. The SMILES string of the molecule is CC1CC1N(C(=O)C(Cc1ccccc1)NC(=O)OC(C)(C)C)C(C(=O)NC(C)(C)C)c1ccc(O)cc1. The van der Waals surface area contributed by atoms with Crippen LogP contribution in [0.5, 0.6) is 5.75 Å². The molecule has 1 saturated carbocycles. The van der Waals surface area contributed by atoms with Gasteiger partial charge in [0.15, 0.2) is 0 Å². The van der Waals surface area contributed by atoms with E-state index in [1.54, 1.807) is 37.8 Å². The predicted molar refractivity (Wildman–Crippen MR) is 146 cm³/mol. The molecule has 206 valence electrons. The van der Waals surface area contributed by atoms with Gasteiger partial charge >= 0.3 is 6.09 Å². The van der Waals surface area contributed by atoms with Crippen LogP contribution in [0.1, 0.15) is 72.1 Å². The van der Waals surface area contributed by atoms with E-state index in [2.05, 4.69) is 10.6 Å². The fraction of sp³-hybridized carbons (Fsp3) is 0.500. The maximum absolute atomic E-state index is 14.4. The van der Waals surface area contributed by atoms with Crippen molar-refractivity contribution in [3.63, 3.8) is 0 Å². The van der Waals surface area contributed by atoms with Crippen LogP contribution in [0.2, 0.25) is 0 Å². The van der Waals surface area contributed by atoms with Crippen molar-refractivity contribution in [1.82, 2.24) is 15.5 Å². The summed E-state index contributed by atoms with van der Waals surface area (Å²) < 4.78 is 5.48.